The first-order valence-electron chi connectivity index (χ1n) is 6.94. The van der Waals surface area contributed by atoms with Gasteiger partial charge in [0.2, 0.25) is 5.76 Å². The second-order valence-corrected chi connectivity index (χ2v) is 6.21. The van der Waals surface area contributed by atoms with E-state index in [1.54, 1.807) is 13.0 Å². The summed E-state index contributed by atoms with van der Waals surface area (Å²) in [5.41, 5.74) is 3.03. The average molecular weight is 287 g/mol. The van der Waals surface area contributed by atoms with Gasteiger partial charge in [-0.3, -0.25) is 0 Å². The lowest BCUT2D eigenvalue weighted by Gasteiger charge is -2.19. The summed E-state index contributed by atoms with van der Waals surface area (Å²) in [5, 5.41) is 12.2. The smallest absolute Gasteiger partial charge is 0.372 e. The van der Waals surface area contributed by atoms with Crippen molar-refractivity contribution in [3.8, 4) is 0 Å². The zero-order valence-corrected chi connectivity index (χ0v) is 12.9. The van der Waals surface area contributed by atoms with Gasteiger partial charge in [0.1, 0.15) is 5.76 Å². The highest BCUT2D eigenvalue weighted by Crippen LogP contribution is 2.24. The van der Waals surface area contributed by atoms with Gasteiger partial charge in [-0.1, -0.05) is 32.9 Å². The maximum absolute atomic E-state index is 10.9. The van der Waals surface area contributed by atoms with E-state index in [1.165, 1.54) is 5.56 Å². The first-order valence-corrected chi connectivity index (χ1v) is 6.94. The minimum absolute atomic E-state index is 0.00915. The van der Waals surface area contributed by atoms with E-state index < -0.39 is 5.97 Å². The molecule has 2 rings (SSSR count). The molecule has 112 valence electrons. The standard InChI is InChI=1S/C17H21NO3/c1-11-9-14(21-15(11)16(19)20)10-18-13-7-5-12(6-8-13)17(2,3)4/h5-9,18H,10H2,1-4H3,(H,19,20). The molecule has 21 heavy (non-hydrogen) atoms. The summed E-state index contributed by atoms with van der Waals surface area (Å²) in [6.45, 7) is 8.72. The van der Waals surface area contributed by atoms with E-state index in [0.29, 0.717) is 17.9 Å². The number of aryl methyl sites for hydroxylation is 1. The fourth-order valence-electron chi connectivity index (χ4n) is 2.12. The van der Waals surface area contributed by atoms with Gasteiger partial charge in [0.15, 0.2) is 0 Å². The Hall–Kier alpha value is -2.23. The summed E-state index contributed by atoms with van der Waals surface area (Å²) < 4.78 is 5.31. The largest absolute Gasteiger partial charge is 0.475 e. The Labute approximate surface area is 124 Å². The fraction of sp³-hybridized carbons (Fsp3) is 0.353. The molecule has 4 nitrogen and oxygen atoms in total. The first-order chi connectivity index (χ1) is 9.77. The monoisotopic (exact) mass is 287 g/mol. The topological polar surface area (TPSA) is 62.5 Å². The Kier molecular flexibility index (Phi) is 4.07. The van der Waals surface area contributed by atoms with Crippen molar-refractivity contribution in [1.82, 2.24) is 0 Å². The highest BCUT2D eigenvalue weighted by Gasteiger charge is 2.15. The number of aromatic carboxylic acids is 1. The van der Waals surface area contributed by atoms with Crippen LogP contribution in [-0.2, 0) is 12.0 Å². The van der Waals surface area contributed by atoms with Gasteiger partial charge in [0.25, 0.3) is 0 Å². The highest BCUT2D eigenvalue weighted by atomic mass is 16.4. The average Bonchev–Trinajstić information content (AvgIpc) is 2.77. The van der Waals surface area contributed by atoms with Crippen molar-refractivity contribution in [2.24, 2.45) is 0 Å². The van der Waals surface area contributed by atoms with E-state index in [2.05, 4.69) is 38.2 Å². The van der Waals surface area contributed by atoms with Crippen LogP contribution in [0.1, 0.15) is 48.2 Å². The molecule has 0 saturated carbocycles. The van der Waals surface area contributed by atoms with Crippen LogP contribution in [-0.4, -0.2) is 11.1 Å². The Bertz CT molecular complexity index is 633. The highest BCUT2D eigenvalue weighted by molar-refractivity contribution is 5.86. The lowest BCUT2D eigenvalue weighted by atomic mass is 9.87. The molecule has 2 aromatic rings. The van der Waals surface area contributed by atoms with Crippen LogP contribution in [0.5, 0.6) is 0 Å². The van der Waals surface area contributed by atoms with Crippen molar-refractivity contribution < 1.29 is 14.3 Å². The second kappa shape index (κ2) is 5.64. The lowest BCUT2D eigenvalue weighted by Crippen LogP contribution is -2.10. The van der Waals surface area contributed by atoms with Crippen LogP contribution in [0.3, 0.4) is 0 Å². The number of rotatable bonds is 4. The molecule has 0 bridgehead atoms. The number of furan rings is 1. The van der Waals surface area contributed by atoms with Gasteiger partial charge >= 0.3 is 5.97 Å². The molecule has 1 aromatic carbocycles. The molecule has 0 aliphatic heterocycles. The summed E-state index contributed by atoms with van der Waals surface area (Å²) >= 11 is 0. The van der Waals surface area contributed by atoms with Gasteiger partial charge in [0.05, 0.1) is 6.54 Å². The molecule has 0 spiro atoms. The molecular weight excluding hydrogens is 266 g/mol. The van der Waals surface area contributed by atoms with Gasteiger partial charge in [-0.2, -0.15) is 0 Å². The number of anilines is 1. The molecule has 0 fully saturated rings. The SMILES string of the molecule is Cc1cc(CNc2ccc(C(C)(C)C)cc2)oc1C(=O)O. The Morgan fingerprint density at radius 2 is 1.86 bits per heavy atom. The second-order valence-electron chi connectivity index (χ2n) is 6.21. The van der Waals surface area contributed by atoms with Crippen LogP contribution in [0, 0.1) is 6.92 Å². The fourth-order valence-corrected chi connectivity index (χ4v) is 2.12. The van der Waals surface area contributed by atoms with Crippen molar-refractivity contribution in [2.45, 2.75) is 39.7 Å². The number of benzene rings is 1. The molecule has 4 heteroatoms. The van der Waals surface area contributed by atoms with Crippen LogP contribution in [0.15, 0.2) is 34.7 Å². The maximum atomic E-state index is 10.9. The molecular formula is C17H21NO3. The van der Waals surface area contributed by atoms with Crippen LogP contribution in [0.4, 0.5) is 5.69 Å². The molecule has 0 unspecified atom stereocenters. The molecule has 0 aliphatic carbocycles. The van der Waals surface area contributed by atoms with Crippen LogP contribution >= 0.6 is 0 Å². The third-order valence-corrected chi connectivity index (χ3v) is 3.38. The minimum atomic E-state index is -1.03. The molecule has 0 radical (unpaired) electrons. The van der Waals surface area contributed by atoms with E-state index in [4.69, 9.17) is 9.52 Å². The van der Waals surface area contributed by atoms with Gasteiger partial charge in [0, 0.05) is 11.3 Å². The number of hydrogen-bond acceptors (Lipinski definition) is 3. The normalized spacial score (nSPS) is 11.4. The van der Waals surface area contributed by atoms with Crippen molar-refractivity contribution in [3.63, 3.8) is 0 Å². The zero-order valence-electron chi connectivity index (χ0n) is 12.9. The van der Waals surface area contributed by atoms with Crippen molar-refractivity contribution in [2.75, 3.05) is 5.32 Å². The summed E-state index contributed by atoms with van der Waals surface area (Å²) in [6, 6.07) is 9.99. The van der Waals surface area contributed by atoms with Gasteiger partial charge in [-0.25, -0.2) is 4.79 Å². The van der Waals surface area contributed by atoms with Crippen molar-refractivity contribution >= 4 is 11.7 Å². The molecule has 0 atom stereocenters. The number of nitrogens with one attached hydrogen (secondary N) is 1. The summed E-state index contributed by atoms with van der Waals surface area (Å²) in [6.07, 6.45) is 0. The van der Waals surface area contributed by atoms with E-state index in [9.17, 15) is 4.79 Å². The Balaban J connectivity index is 2.03. The molecule has 1 aromatic heterocycles. The number of hydrogen-bond donors (Lipinski definition) is 2. The molecule has 0 aliphatic rings. The van der Waals surface area contributed by atoms with Crippen LogP contribution in [0.25, 0.3) is 0 Å². The number of carboxylic acid groups (broad SMARTS) is 1. The Morgan fingerprint density at radius 1 is 1.24 bits per heavy atom. The summed E-state index contributed by atoms with van der Waals surface area (Å²) in [7, 11) is 0. The van der Waals surface area contributed by atoms with Crippen LogP contribution < -0.4 is 5.32 Å². The molecule has 2 N–H and O–H groups in total. The lowest BCUT2D eigenvalue weighted by molar-refractivity contribution is 0.0659. The summed E-state index contributed by atoms with van der Waals surface area (Å²) in [4.78, 5) is 10.9. The molecule has 0 saturated heterocycles. The van der Waals surface area contributed by atoms with Gasteiger partial charge in [-0.15, -0.1) is 0 Å². The van der Waals surface area contributed by atoms with E-state index in [-0.39, 0.29) is 11.2 Å². The van der Waals surface area contributed by atoms with Crippen LogP contribution in [0.2, 0.25) is 0 Å². The quantitative estimate of drug-likeness (QED) is 0.884. The van der Waals surface area contributed by atoms with E-state index >= 15 is 0 Å². The zero-order chi connectivity index (χ0) is 15.6. The molecule has 0 amide bonds. The number of carbonyl (C=O) groups is 1. The predicted molar refractivity (Wildman–Crippen MR) is 82.9 cm³/mol. The Morgan fingerprint density at radius 3 is 2.33 bits per heavy atom. The maximum Gasteiger partial charge on any atom is 0.372 e. The molecule has 1 heterocycles. The predicted octanol–water partition coefficient (Wildman–Crippen LogP) is 4.20. The summed E-state index contributed by atoms with van der Waals surface area (Å²) in [5.74, 6) is -0.409. The van der Waals surface area contributed by atoms with E-state index in [0.717, 1.165) is 5.69 Å². The van der Waals surface area contributed by atoms with Gasteiger partial charge < -0.3 is 14.8 Å². The number of carboxylic acids is 1. The van der Waals surface area contributed by atoms with Gasteiger partial charge in [-0.05, 0) is 36.1 Å². The first kappa shape index (κ1) is 15.2. The third kappa shape index (κ3) is 3.66. The van der Waals surface area contributed by atoms with Crippen molar-refractivity contribution in [1.29, 1.82) is 0 Å². The minimum Gasteiger partial charge on any atom is -0.475 e. The third-order valence-electron chi connectivity index (χ3n) is 3.38. The van der Waals surface area contributed by atoms with Crippen molar-refractivity contribution in [3.05, 3.63) is 53.0 Å². The van der Waals surface area contributed by atoms with E-state index in [1.807, 2.05) is 12.1 Å².